The number of rotatable bonds is 4. The summed E-state index contributed by atoms with van der Waals surface area (Å²) in [7, 11) is 1.55. The van der Waals surface area contributed by atoms with Crippen molar-refractivity contribution in [3.05, 3.63) is 53.1 Å². The van der Waals surface area contributed by atoms with Crippen LogP contribution >= 0.6 is 0 Å². The average molecular weight is 367 g/mol. The quantitative estimate of drug-likeness (QED) is 0.868. The zero-order valence-corrected chi connectivity index (χ0v) is 16.1. The first kappa shape index (κ1) is 18.8. The highest BCUT2D eigenvalue weighted by molar-refractivity contribution is 6.03. The van der Waals surface area contributed by atoms with Crippen LogP contribution in [0, 0.1) is 20.8 Å². The van der Waals surface area contributed by atoms with Crippen LogP contribution in [0.4, 0.5) is 16.2 Å². The van der Waals surface area contributed by atoms with Gasteiger partial charge in [-0.1, -0.05) is 12.1 Å². The second kappa shape index (κ2) is 7.70. The Morgan fingerprint density at radius 2 is 1.78 bits per heavy atom. The maximum absolute atomic E-state index is 12.8. The van der Waals surface area contributed by atoms with E-state index in [1.54, 1.807) is 18.1 Å². The molecule has 6 nitrogen and oxygen atoms in total. The Morgan fingerprint density at radius 1 is 1.07 bits per heavy atom. The van der Waals surface area contributed by atoms with E-state index in [0.717, 1.165) is 22.4 Å². The van der Waals surface area contributed by atoms with Crippen molar-refractivity contribution in [1.82, 2.24) is 5.32 Å². The molecule has 1 heterocycles. The van der Waals surface area contributed by atoms with Crippen LogP contribution in [-0.4, -0.2) is 31.6 Å². The molecule has 1 aliphatic heterocycles. The Kier molecular flexibility index (Phi) is 5.35. The third kappa shape index (κ3) is 4.22. The number of methoxy groups -OCH3 is 1. The molecule has 0 spiro atoms. The Balaban J connectivity index is 1.67. The van der Waals surface area contributed by atoms with Gasteiger partial charge < -0.3 is 20.3 Å². The fourth-order valence-corrected chi connectivity index (χ4v) is 3.41. The second-order valence-electron chi connectivity index (χ2n) is 6.98. The summed E-state index contributed by atoms with van der Waals surface area (Å²) in [6, 6.07) is 10.6. The zero-order chi connectivity index (χ0) is 19.6. The van der Waals surface area contributed by atoms with Crippen LogP contribution in [0.2, 0.25) is 0 Å². The van der Waals surface area contributed by atoms with Crippen LogP contribution in [0.5, 0.6) is 5.75 Å². The van der Waals surface area contributed by atoms with E-state index in [9.17, 15) is 9.59 Å². The van der Waals surface area contributed by atoms with Crippen molar-refractivity contribution in [2.24, 2.45) is 0 Å². The molecule has 0 aromatic heterocycles. The number of aryl methyl sites for hydroxylation is 3. The van der Waals surface area contributed by atoms with Crippen molar-refractivity contribution in [2.75, 3.05) is 23.9 Å². The van der Waals surface area contributed by atoms with Gasteiger partial charge in [-0.3, -0.25) is 4.79 Å². The van der Waals surface area contributed by atoms with Gasteiger partial charge in [0, 0.05) is 12.2 Å². The largest absolute Gasteiger partial charge is 0.495 e. The number of ether oxygens (including phenoxy) is 1. The minimum atomic E-state index is -0.540. The summed E-state index contributed by atoms with van der Waals surface area (Å²) < 4.78 is 5.27. The normalized spacial score (nSPS) is 16.4. The predicted octanol–water partition coefficient (Wildman–Crippen LogP) is 3.55. The average Bonchev–Trinajstić information content (AvgIpc) is 2.95. The smallest absolute Gasteiger partial charge is 0.319 e. The van der Waals surface area contributed by atoms with Crippen LogP contribution in [0.1, 0.15) is 23.1 Å². The van der Waals surface area contributed by atoms with Crippen LogP contribution in [0.25, 0.3) is 0 Å². The number of nitrogens with one attached hydrogen (secondary N) is 2. The lowest BCUT2D eigenvalue weighted by Crippen LogP contribution is -2.43. The molecular formula is C21H25N3O3. The van der Waals surface area contributed by atoms with Gasteiger partial charge in [-0.2, -0.15) is 0 Å². The van der Waals surface area contributed by atoms with Crippen LogP contribution < -0.4 is 20.3 Å². The molecule has 0 saturated carbocycles. The van der Waals surface area contributed by atoms with Crippen molar-refractivity contribution in [3.63, 3.8) is 0 Å². The highest BCUT2D eigenvalue weighted by atomic mass is 16.5. The van der Waals surface area contributed by atoms with E-state index in [4.69, 9.17) is 4.74 Å². The van der Waals surface area contributed by atoms with Gasteiger partial charge in [-0.15, -0.1) is 0 Å². The van der Waals surface area contributed by atoms with E-state index in [-0.39, 0.29) is 5.91 Å². The molecule has 2 aromatic rings. The maximum Gasteiger partial charge on any atom is 0.319 e. The third-order valence-electron chi connectivity index (χ3n) is 4.63. The van der Waals surface area contributed by atoms with E-state index >= 15 is 0 Å². The molecule has 1 atom stereocenters. The van der Waals surface area contributed by atoms with Crippen molar-refractivity contribution in [2.45, 2.75) is 33.2 Å². The summed E-state index contributed by atoms with van der Waals surface area (Å²) in [5, 5.41) is 5.56. The van der Waals surface area contributed by atoms with Gasteiger partial charge in [0.05, 0.1) is 12.8 Å². The molecule has 3 amide bonds. The van der Waals surface area contributed by atoms with Gasteiger partial charge in [0.1, 0.15) is 11.8 Å². The Morgan fingerprint density at radius 3 is 2.44 bits per heavy atom. The highest BCUT2D eigenvalue weighted by Crippen LogP contribution is 2.26. The summed E-state index contributed by atoms with van der Waals surface area (Å²) in [5.41, 5.74) is 4.68. The number of hydrogen-bond donors (Lipinski definition) is 2. The summed E-state index contributed by atoms with van der Waals surface area (Å²) in [6.07, 6.45) is 0.574. The fourth-order valence-electron chi connectivity index (χ4n) is 3.41. The molecule has 1 aliphatic rings. The van der Waals surface area contributed by atoms with E-state index < -0.39 is 12.1 Å². The van der Waals surface area contributed by atoms with Crippen LogP contribution in [-0.2, 0) is 4.79 Å². The van der Waals surface area contributed by atoms with Gasteiger partial charge in [0.25, 0.3) is 0 Å². The molecule has 2 aromatic carbocycles. The number of hydrogen-bond acceptors (Lipinski definition) is 3. The second-order valence-corrected chi connectivity index (χ2v) is 6.98. The number of carbonyl (C=O) groups excluding carboxylic acids is 2. The van der Waals surface area contributed by atoms with Crippen molar-refractivity contribution < 1.29 is 14.3 Å². The molecule has 6 heteroatoms. The Bertz CT molecular complexity index is 859. The van der Waals surface area contributed by atoms with Crippen molar-refractivity contribution in [1.29, 1.82) is 0 Å². The molecular weight excluding hydrogens is 342 g/mol. The molecule has 2 N–H and O–H groups in total. The first-order chi connectivity index (χ1) is 12.9. The van der Waals surface area contributed by atoms with E-state index in [2.05, 4.69) is 16.7 Å². The minimum Gasteiger partial charge on any atom is -0.495 e. The van der Waals surface area contributed by atoms with Gasteiger partial charge in [-0.25, -0.2) is 4.79 Å². The molecule has 142 valence electrons. The summed E-state index contributed by atoms with van der Waals surface area (Å²) in [6.45, 7) is 6.54. The monoisotopic (exact) mass is 367 g/mol. The number of carbonyl (C=O) groups is 2. The van der Waals surface area contributed by atoms with Gasteiger partial charge in [0.2, 0.25) is 5.91 Å². The minimum absolute atomic E-state index is 0.0913. The lowest BCUT2D eigenvalue weighted by Gasteiger charge is -2.19. The molecule has 0 radical (unpaired) electrons. The van der Waals surface area contributed by atoms with Crippen LogP contribution in [0.15, 0.2) is 36.4 Å². The van der Waals surface area contributed by atoms with Crippen LogP contribution in [0.3, 0.4) is 0 Å². The lowest BCUT2D eigenvalue weighted by molar-refractivity contribution is -0.118. The van der Waals surface area contributed by atoms with E-state index in [1.165, 1.54) is 0 Å². The first-order valence-corrected chi connectivity index (χ1v) is 8.99. The molecule has 1 fully saturated rings. The summed E-state index contributed by atoms with van der Waals surface area (Å²) in [5.74, 6) is 0.483. The standard InChI is InChI=1S/C21H25N3O3/c1-13-5-6-19(27-4)18(12-13)23-21(26)22-17-7-8-24(20(17)25)16-10-14(2)9-15(3)11-16/h5-6,9-12,17H,7-8H2,1-4H3,(H2,22,23,26)/t17-/m1/s1. The lowest BCUT2D eigenvalue weighted by atomic mass is 10.1. The zero-order valence-electron chi connectivity index (χ0n) is 16.1. The third-order valence-corrected chi connectivity index (χ3v) is 4.63. The summed E-state index contributed by atoms with van der Waals surface area (Å²) >= 11 is 0. The number of anilines is 2. The predicted molar refractivity (Wildman–Crippen MR) is 107 cm³/mol. The Labute approximate surface area is 159 Å². The number of amides is 3. The fraction of sp³-hybridized carbons (Fsp3) is 0.333. The first-order valence-electron chi connectivity index (χ1n) is 8.99. The van der Waals surface area contributed by atoms with E-state index in [1.807, 2.05) is 45.0 Å². The van der Waals surface area contributed by atoms with Crippen molar-refractivity contribution >= 4 is 23.3 Å². The molecule has 0 unspecified atom stereocenters. The highest BCUT2D eigenvalue weighted by Gasteiger charge is 2.33. The summed E-state index contributed by atoms with van der Waals surface area (Å²) in [4.78, 5) is 26.9. The topological polar surface area (TPSA) is 70.7 Å². The van der Waals surface area contributed by atoms with Gasteiger partial charge in [-0.05, 0) is 68.1 Å². The van der Waals surface area contributed by atoms with E-state index in [0.29, 0.717) is 24.4 Å². The molecule has 3 rings (SSSR count). The van der Waals surface area contributed by atoms with Crippen molar-refractivity contribution in [3.8, 4) is 5.75 Å². The Hall–Kier alpha value is -3.02. The number of urea groups is 1. The van der Waals surface area contributed by atoms with Gasteiger partial charge in [0.15, 0.2) is 0 Å². The SMILES string of the molecule is COc1ccc(C)cc1NC(=O)N[C@@H]1CCN(c2cc(C)cc(C)c2)C1=O. The molecule has 27 heavy (non-hydrogen) atoms. The molecule has 0 bridgehead atoms. The number of nitrogens with zero attached hydrogens (tertiary/aromatic N) is 1. The number of benzene rings is 2. The van der Waals surface area contributed by atoms with Gasteiger partial charge >= 0.3 is 6.03 Å². The maximum atomic E-state index is 12.8. The molecule has 1 saturated heterocycles. The molecule has 0 aliphatic carbocycles.